The van der Waals surface area contributed by atoms with E-state index in [2.05, 4.69) is 88.4 Å². The molecule has 12 amide bonds. The van der Waals surface area contributed by atoms with Crippen LogP contribution in [0.15, 0.2) is 90.8 Å². The van der Waals surface area contributed by atoms with E-state index < -0.39 is 147 Å². The monoisotopic (exact) mass is 1550 g/mol. The molecule has 5 aromatic rings. The Morgan fingerprint density at radius 2 is 0.945 bits per heavy atom. The number of hydrogen-bond donors (Lipinski definition) is 19. The molecule has 24 N–H and O–H groups in total. The molecular weight excluding hydrogens is 1440 g/mol. The smallest absolute Gasteiger partial charge is 0.257 e. The Hall–Kier alpha value is -10.1. The van der Waals surface area contributed by atoms with Gasteiger partial charge in [0, 0.05) is 79.7 Å². The maximum atomic E-state index is 15.9. The third-order valence-electron chi connectivity index (χ3n) is 19.1. The van der Waals surface area contributed by atoms with Gasteiger partial charge in [0.1, 0.15) is 66.5 Å². The van der Waals surface area contributed by atoms with Gasteiger partial charge >= 0.3 is 0 Å². The van der Waals surface area contributed by atoms with E-state index in [-0.39, 0.29) is 109 Å². The van der Waals surface area contributed by atoms with Crippen LogP contribution in [0.4, 0.5) is 0 Å². The van der Waals surface area contributed by atoms with Crippen LogP contribution in [-0.2, 0) is 83.2 Å². The van der Waals surface area contributed by atoms with Crippen LogP contribution in [0.1, 0.15) is 133 Å². The minimum absolute atomic E-state index is 0.00785. The molecule has 3 fully saturated rings. The van der Waals surface area contributed by atoms with Crippen molar-refractivity contribution in [3.63, 3.8) is 0 Å². The zero-order valence-corrected chi connectivity index (χ0v) is 63.3. The molecule has 0 spiro atoms. The Labute approximate surface area is 639 Å². The summed E-state index contributed by atoms with van der Waals surface area (Å²) in [5, 5.41) is 29.9. The molecule has 0 aliphatic carbocycles. The maximum Gasteiger partial charge on any atom is 0.257 e. The molecule has 2 aromatic carbocycles. The fourth-order valence-electron chi connectivity index (χ4n) is 13.1. The number of rotatable bonds is 25. The van der Waals surface area contributed by atoms with E-state index in [4.69, 9.17) is 28.7 Å². The molecule has 35 nitrogen and oxygen atoms in total. The third-order valence-corrected chi connectivity index (χ3v) is 22.6. The lowest BCUT2D eigenvalue weighted by Crippen LogP contribution is -2.64. The first-order valence-electron chi connectivity index (χ1n) is 37.0. The summed E-state index contributed by atoms with van der Waals surface area (Å²) >= 11 is 0. The van der Waals surface area contributed by atoms with Gasteiger partial charge in [-0.15, -0.1) is 0 Å². The van der Waals surface area contributed by atoms with Crippen LogP contribution in [0.5, 0.6) is 0 Å². The molecule has 109 heavy (non-hydrogen) atoms. The molecule has 2 bridgehead atoms. The number of aromatic nitrogens is 5. The van der Waals surface area contributed by atoms with Crippen molar-refractivity contribution in [3.05, 3.63) is 108 Å². The number of benzene rings is 2. The average Bonchev–Trinajstić information content (AvgIpc) is 1.74. The van der Waals surface area contributed by atoms with Crippen molar-refractivity contribution in [2.75, 3.05) is 32.7 Å². The van der Waals surface area contributed by atoms with Crippen LogP contribution in [-0.4, -0.2) is 216 Å². The van der Waals surface area contributed by atoms with E-state index in [1.807, 2.05) is 6.07 Å². The second-order valence-corrected chi connectivity index (χ2v) is 31.0. The number of carbonyl (C=O) groups is 12. The topological polar surface area (TPSA) is 556 Å². The molecule has 3 aliphatic rings. The number of hydrogen-bond acceptors (Lipinski definition) is 20. The van der Waals surface area contributed by atoms with Gasteiger partial charge in [0.25, 0.3) is 5.91 Å². The lowest BCUT2D eigenvalue weighted by atomic mass is 9.99. The van der Waals surface area contributed by atoms with E-state index in [1.54, 1.807) is 68.6 Å². The van der Waals surface area contributed by atoms with E-state index in [0.29, 0.717) is 78.4 Å². The van der Waals surface area contributed by atoms with E-state index in [9.17, 15) is 14.4 Å². The molecule has 3 aromatic heterocycles. The van der Waals surface area contributed by atoms with Crippen LogP contribution < -0.4 is 87.2 Å². The van der Waals surface area contributed by atoms with Crippen LogP contribution >= 0.6 is 21.6 Å². The average molecular weight is 1550 g/mol. The number of aromatic amines is 3. The molecule has 37 heteroatoms. The largest absolute Gasteiger partial charge is 0.370 e. The van der Waals surface area contributed by atoms with Gasteiger partial charge in [0.05, 0.1) is 17.4 Å². The summed E-state index contributed by atoms with van der Waals surface area (Å²) in [6, 6.07) is -0.193. The zero-order chi connectivity index (χ0) is 78.6. The first-order chi connectivity index (χ1) is 52.4. The van der Waals surface area contributed by atoms with Crippen molar-refractivity contribution in [1.82, 2.24) is 88.3 Å². The van der Waals surface area contributed by atoms with Crippen LogP contribution in [0.2, 0.25) is 0 Å². The quantitative estimate of drug-likeness (QED) is 0.0133. The van der Waals surface area contributed by atoms with Crippen molar-refractivity contribution in [2.45, 2.75) is 213 Å². The van der Waals surface area contributed by atoms with Gasteiger partial charge in [-0.3, -0.25) is 62.5 Å². The Kier molecular flexibility index (Phi) is 32.6. The molecule has 3 saturated heterocycles. The number of aliphatic imine (C=N–C) groups is 1. The predicted octanol–water partition coefficient (Wildman–Crippen LogP) is -1.80. The highest BCUT2D eigenvalue weighted by Gasteiger charge is 2.46. The highest BCUT2D eigenvalue weighted by Crippen LogP contribution is 2.42. The first-order valence-corrected chi connectivity index (χ1v) is 39.3. The number of unbranched alkanes of at least 4 members (excludes halogenated alkanes) is 4. The highest BCUT2D eigenvalue weighted by atomic mass is 33.1. The number of para-hydroxylation sites is 1. The van der Waals surface area contributed by atoms with Crippen molar-refractivity contribution >= 4 is 109 Å². The van der Waals surface area contributed by atoms with Gasteiger partial charge < -0.3 is 107 Å². The standard InChI is InChI=1S/C72H105N23O12S2/c1-41-58(96)85-48(22-9-13-27-73)59(97)86-49(23-10-14-28-74)60(98)87-50(24-11-15-29-75)61(99)88-51(25-12-16-30-80-71(76)77)62(100)94-69-70(107)95-31-17-26-56(95)67(105)92-55(35-45-38-79-40-83-45)65(103)89-52(32-42-18-5-4-6-19-42)63(101)91-54(34-44-37-78-39-82-44)64(102)90-53(33-43-36-81-47-21-8-7-20-46(43)47)66(104)93-57(68(106)84-41)72(2,3)109-108-69/h4-8,18-21,36-41,48-57,69,81H,9-17,22-35,73-75H2,1-3H3,(H,78,82)(H,79,83)(H,84,106)(H,85,96)(H,86,97)(H,87,98)(H,88,99)(H,89,103)(H,90,102)(H,91,101)(H,92,105)(H,93,104)(H,94,100)(H4,76,77,80)/t41-,48-,49-,50-,51-,52+,53-,54-,55-,56-,57+,69-/m0/s1. The molecular formula is C72H105N23O12S2. The van der Waals surface area contributed by atoms with E-state index in [0.717, 1.165) is 21.6 Å². The van der Waals surface area contributed by atoms with Crippen molar-refractivity contribution in [1.29, 1.82) is 0 Å². The van der Waals surface area contributed by atoms with Gasteiger partial charge in [-0.2, -0.15) is 0 Å². The summed E-state index contributed by atoms with van der Waals surface area (Å²) < 4.78 is -1.66. The molecule has 0 saturated carbocycles. The summed E-state index contributed by atoms with van der Waals surface area (Å²) in [4.78, 5) is 206. The third kappa shape index (κ3) is 25.2. The number of guanidine groups is 1. The second-order valence-electron chi connectivity index (χ2n) is 28.0. The maximum absolute atomic E-state index is 15.9. The lowest BCUT2D eigenvalue weighted by Gasteiger charge is -2.36. The first kappa shape index (κ1) is 84.5. The number of amides is 12. The van der Waals surface area contributed by atoms with Crippen molar-refractivity contribution in [2.24, 2.45) is 33.7 Å². The Balaban J connectivity index is 1.30. The molecule has 12 atom stereocenters. The Morgan fingerprint density at radius 1 is 0.495 bits per heavy atom. The minimum Gasteiger partial charge on any atom is -0.370 e. The van der Waals surface area contributed by atoms with Gasteiger partial charge in [0.15, 0.2) is 11.3 Å². The van der Waals surface area contributed by atoms with Crippen molar-refractivity contribution in [3.8, 4) is 0 Å². The number of fused-ring (bicyclic) bond motifs is 6. The second kappa shape index (κ2) is 42.0. The SMILES string of the molecule is C[C@@H]1NC(=O)[C@H]2NC(=O)[C@H](Cc3c[nH]c4ccccc34)NC(=O)[C@H](Cc3cnc[nH]3)NC(=O)[C@@H](Cc3ccccc3)NC(=O)[C@H](Cc3cnc[nH]3)NC(=O)[C@@H]3CCCN3C(=O)[C@@H](NC(=O)[C@H](CCCCN=C(N)N)NC(=O)[C@H](CCCCN)NC(=O)[C@H](CCCCN)NC(=O)[C@H](CCCCN)NC1=O)SSC2(C)C. The number of carbonyl (C=O) groups excluding carboxylic acids is 12. The number of nitrogens with one attached hydrogen (secondary N) is 14. The summed E-state index contributed by atoms with van der Waals surface area (Å²) in [6.45, 7) is 5.21. The number of nitrogens with two attached hydrogens (primary N) is 5. The van der Waals surface area contributed by atoms with Gasteiger partial charge in [-0.05, 0) is 147 Å². The number of H-pyrrole nitrogens is 3. The van der Waals surface area contributed by atoms with Gasteiger partial charge in [0.2, 0.25) is 65.0 Å². The fourth-order valence-corrected chi connectivity index (χ4v) is 15.8. The normalized spacial score (nSPS) is 25.0. The number of imidazole rings is 2. The fraction of sp³-hybridized carbons (Fsp3) is 0.542. The molecule has 8 rings (SSSR count). The summed E-state index contributed by atoms with van der Waals surface area (Å²) in [5.41, 5.74) is 31.6. The van der Waals surface area contributed by atoms with Crippen molar-refractivity contribution < 1.29 is 57.5 Å². The molecule has 0 unspecified atom stereocenters. The van der Waals surface area contributed by atoms with E-state index in [1.165, 1.54) is 36.9 Å². The van der Waals surface area contributed by atoms with E-state index >= 15 is 43.2 Å². The number of nitrogens with zero attached hydrogens (tertiary/aromatic N) is 4. The van der Waals surface area contributed by atoms with Gasteiger partial charge in [-0.25, -0.2) is 9.97 Å². The minimum atomic E-state index is -1.76. The van der Waals surface area contributed by atoms with Crippen LogP contribution in [0, 0.1) is 0 Å². The van der Waals surface area contributed by atoms with Crippen LogP contribution in [0.3, 0.4) is 0 Å². The zero-order valence-electron chi connectivity index (χ0n) is 61.7. The molecule has 3 aliphatic heterocycles. The highest BCUT2D eigenvalue weighted by molar-refractivity contribution is 8.77. The Bertz CT molecular complexity index is 3920. The van der Waals surface area contributed by atoms with Crippen LogP contribution in [0.25, 0.3) is 10.9 Å². The summed E-state index contributed by atoms with van der Waals surface area (Å²) in [5.74, 6) is -10.6. The Morgan fingerprint density at radius 3 is 1.46 bits per heavy atom. The molecule has 0 radical (unpaired) electrons. The summed E-state index contributed by atoms with van der Waals surface area (Å²) in [7, 11) is 1.57. The predicted molar refractivity (Wildman–Crippen MR) is 411 cm³/mol. The molecule has 6 heterocycles. The lowest BCUT2D eigenvalue weighted by molar-refractivity contribution is -0.141. The summed E-state index contributed by atoms with van der Waals surface area (Å²) in [6.07, 6.45) is 9.45. The molecule has 592 valence electrons. The van der Waals surface area contributed by atoms with Gasteiger partial charge in [-0.1, -0.05) is 70.1 Å².